The van der Waals surface area contributed by atoms with Crippen molar-refractivity contribution in [3.63, 3.8) is 0 Å². The fourth-order valence-electron chi connectivity index (χ4n) is 1.04. The van der Waals surface area contributed by atoms with Gasteiger partial charge in [-0.15, -0.1) is 0 Å². The normalized spacial score (nSPS) is 14.5. The number of H-pyrrole nitrogens is 1. The van der Waals surface area contributed by atoms with Crippen molar-refractivity contribution in [3.8, 4) is 0 Å². The minimum atomic E-state index is -3.51. The summed E-state index contributed by atoms with van der Waals surface area (Å²) in [5.74, 6) is -1.09. The molecule has 0 bridgehead atoms. The van der Waals surface area contributed by atoms with Gasteiger partial charge in [-0.25, -0.2) is 4.79 Å². The van der Waals surface area contributed by atoms with E-state index >= 15 is 0 Å². The highest BCUT2D eigenvalue weighted by molar-refractivity contribution is 7.55. The molecule has 7 nitrogen and oxygen atoms in total. The van der Waals surface area contributed by atoms with Crippen molar-refractivity contribution in [2.45, 2.75) is 6.54 Å². The third kappa shape index (κ3) is 4.64. The first kappa shape index (κ1) is 13.8. The van der Waals surface area contributed by atoms with E-state index in [0.29, 0.717) is 0 Å². The summed E-state index contributed by atoms with van der Waals surface area (Å²) in [7, 11) is -3.51. The molecule has 1 unspecified atom stereocenters. The summed E-state index contributed by atoms with van der Waals surface area (Å²) < 4.78 is 29.2. The average molecular weight is 265 g/mol. The molecule has 0 aromatic carbocycles. The quantitative estimate of drug-likeness (QED) is 0.538. The van der Waals surface area contributed by atoms with Crippen LogP contribution in [-0.4, -0.2) is 29.2 Å². The fraction of sp³-hybridized carbons (Fsp3) is 0.500. The lowest BCUT2D eigenvalue weighted by molar-refractivity contribution is -0.178. The SMILES string of the molecule is CP(=O)([O-])COCCn1cc(F)c(=O)[nH]c1=O. The zero-order valence-electron chi connectivity index (χ0n) is 9.01. The first-order chi connectivity index (χ1) is 7.79. The molecule has 0 aliphatic carbocycles. The third-order valence-electron chi connectivity index (χ3n) is 1.77. The molecule has 0 aliphatic rings. The number of hydrogen-bond donors (Lipinski definition) is 1. The number of ether oxygens (including phenoxy) is 1. The Morgan fingerprint density at radius 2 is 2.24 bits per heavy atom. The summed E-state index contributed by atoms with van der Waals surface area (Å²) in [6.45, 7) is 0.900. The highest BCUT2D eigenvalue weighted by Gasteiger charge is 2.04. The van der Waals surface area contributed by atoms with Gasteiger partial charge in [0.2, 0.25) is 5.82 Å². The monoisotopic (exact) mass is 265 g/mol. The van der Waals surface area contributed by atoms with E-state index in [2.05, 4.69) is 0 Å². The number of nitrogens with one attached hydrogen (secondary N) is 1. The Labute approximate surface area is 95.3 Å². The van der Waals surface area contributed by atoms with E-state index in [-0.39, 0.29) is 13.2 Å². The van der Waals surface area contributed by atoms with Gasteiger partial charge in [0.1, 0.15) is 0 Å². The number of aromatic amines is 1. The Hall–Kier alpha value is -1.24. The fourth-order valence-corrected chi connectivity index (χ4v) is 1.50. The van der Waals surface area contributed by atoms with Crippen molar-refractivity contribution in [1.82, 2.24) is 9.55 Å². The first-order valence-corrected chi connectivity index (χ1v) is 6.90. The van der Waals surface area contributed by atoms with Crippen molar-refractivity contribution in [3.05, 3.63) is 32.9 Å². The van der Waals surface area contributed by atoms with Crippen LogP contribution < -0.4 is 16.1 Å². The Kier molecular flexibility index (Phi) is 4.39. The maximum Gasteiger partial charge on any atom is 0.328 e. The second-order valence-corrected chi connectivity index (χ2v) is 5.77. The lowest BCUT2D eigenvalue weighted by Crippen LogP contribution is -2.32. The molecule has 0 spiro atoms. The molecule has 1 atom stereocenters. The summed E-state index contributed by atoms with van der Waals surface area (Å²) in [6, 6.07) is 0. The molecule has 1 N–H and O–H groups in total. The molecule has 1 aromatic rings. The molecule has 1 rings (SSSR count). The van der Waals surface area contributed by atoms with E-state index in [1.165, 1.54) is 0 Å². The predicted octanol–water partition coefficient (Wildman–Crippen LogP) is -1.08. The van der Waals surface area contributed by atoms with Gasteiger partial charge >= 0.3 is 5.69 Å². The second kappa shape index (κ2) is 5.39. The lowest BCUT2D eigenvalue weighted by atomic mass is 10.5. The number of halogens is 1. The van der Waals surface area contributed by atoms with Crippen LogP contribution in [0.4, 0.5) is 4.39 Å². The number of hydrogen-bond acceptors (Lipinski definition) is 5. The summed E-state index contributed by atoms with van der Waals surface area (Å²) in [6.07, 6.45) is 0.293. The van der Waals surface area contributed by atoms with Gasteiger partial charge in [0.05, 0.1) is 25.7 Å². The zero-order valence-corrected chi connectivity index (χ0v) is 9.91. The molecule has 17 heavy (non-hydrogen) atoms. The Balaban J connectivity index is 2.59. The Morgan fingerprint density at radius 1 is 1.59 bits per heavy atom. The van der Waals surface area contributed by atoms with Crippen LogP contribution in [-0.2, 0) is 15.8 Å². The van der Waals surface area contributed by atoms with E-state index in [9.17, 15) is 23.4 Å². The summed E-state index contributed by atoms with van der Waals surface area (Å²) in [5, 5.41) is 0. The minimum absolute atomic E-state index is 0.0491. The summed E-state index contributed by atoms with van der Waals surface area (Å²) >= 11 is 0. The second-order valence-electron chi connectivity index (χ2n) is 3.48. The predicted molar refractivity (Wildman–Crippen MR) is 55.6 cm³/mol. The van der Waals surface area contributed by atoms with Crippen molar-refractivity contribution >= 4 is 7.37 Å². The van der Waals surface area contributed by atoms with Crippen LogP contribution in [0.2, 0.25) is 0 Å². The molecule has 0 fully saturated rings. The van der Waals surface area contributed by atoms with Gasteiger partial charge in [-0.3, -0.25) is 14.3 Å². The van der Waals surface area contributed by atoms with Crippen molar-refractivity contribution < 1.29 is 18.6 Å². The van der Waals surface area contributed by atoms with Gasteiger partial charge in [-0.05, 0) is 6.66 Å². The standard InChI is InChI=1S/C8H12FN2O5P/c1-17(14,15)5-16-3-2-11-4-6(9)7(12)10-8(11)13/h4H,2-3,5H2,1H3,(H,14,15)(H,10,12,13)/p-1. The van der Waals surface area contributed by atoms with E-state index in [4.69, 9.17) is 4.74 Å². The maximum absolute atomic E-state index is 12.8. The highest BCUT2D eigenvalue weighted by Crippen LogP contribution is 2.28. The molecular formula is C8H11FN2O5P-. The largest absolute Gasteiger partial charge is 0.798 e. The number of rotatable bonds is 5. The Morgan fingerprint density at radius 3 is 2.82 bits per heavy atom. The highest BCUT2D eigenvalue weighted by atomic mass is 31.2. The molecular weight excluding hydrogens is 254 g/mol. The third-order valence-corrected chi connectivity index (χ3v) is 2.42. The van der Waals surface area contributed by atoms with E-state index in [0.717, 1.165) is 17.4 Å². The maximum atomic E-state index is 12.8. The van der Waals surface area contributed by atoms with Crippen LogP contribution in [0.3, 0.4) is 0 Å². The van der Waals surface area contributed by atoms with E-state index in [1.807, 2.05) is 0 Å². The van der Waals surface area contributed by atoms with Crippen LogP contribution in [0.1, 0.15) is 0 Å². The van der Waals surface area contributed by atoms with Gasteiger partial charge in [0.15, 0.2) is 0 Å². The molecule has 1 aromatic heterocycles. The number of nitrogens with zero attached hydrogens (tertiary/aromatic N) is 1. The first-order valence-electron chi connectivity index (χ1n) is 4.64. The van der Waals surface area contributed by atoms with Crippen LogP contribution >= 0.6 is 7.37 Å². The van der Waals surface area contributed by atoms with Gasteiger partial charge < -0.3 is 14.2 Å². The van der Waals surface area contributed by atoms with Crippen LogP contribution in [0, 0.1) is 5.82 Å². The summed E-state index contributed by atoms with van der Waals surface area (Å²) in [4.78, 5) is 34.4. The molecule has 0 radical (unpaired) electrons. The van der Waals surface area contributed by atoms with Crippen molar-refractivity contribution in [2.75, 3.05) is 19.6 Å². The Bertz CT molecular complexity index is 546. The smallest absolute Gasteiger partial charge is 0.328 e. The van der Waals surface area contributed by atoms with Crippen LogP contribution in [0.15, 0.2) is 15.8 Å². The van der Waals surface area contributed by atoms with Gasteiger partial charge in [-0.2, -0.15) is 4.39 Å². The molecule has 9 heteroatoms. The van der Waals surface area contributed by atoms with E-state index in [1.54, 1.807) is 4.98 Å². The van der Waals surface area contributed by atoms with Crippen molar-refractivity contribution in [1.29, 1.82) is 0 Å². The molecule has 96 valence electrons. The van der Waals surface area contributed by atoms with Gasteiger partial charge in [0, 0.05) is 7.37 Å². The molecule has 0 aliphatic heterocycles. The van der Waals surface area contributed by atoms with Gasteiger partial charge in [0.25, 0.3) is 5.56 Å². The van der Waals surface area contributed by atoms with E-state index < -0.39 is 30.8 Å². The zero-order chi connectivity index (χ0) is 13.1. The molecule has 0 amide bonds. The topological polar surface area (TPSA) is 104 Å². The van der Waals surface area contributed by atoms with Crippen LogP contribution in [0.5, 0.6) is 0 Å². The molecule has 0 saturated heterocycles. The number of aromatic nitrogens is 2. The lowest BCUT2D eigenvalue weighted by Gasteiger charge is -2.17. The minimum Gasteiger partial charge on any atom is -0.798 e. The van der Waals surface area contributed by atoms with Gasteiger partial charge in [-0.1, -0.05) is 0 Å². The van der Waals surface area contributed by atoms with Crippen LogP contribution in [0.25, 0.3) is 0 Å². The molecule has 1 heterocycles. The summed E-state index contributed by atoms with van der Waals surface area (Å²) in [5.41, 5.74) is -1.87. The average Bonchev–Trinajstić information content (AvgIpc) is 2.18. The van der Waals surface area contributed by atoms with Crippen molar-refractivity contribution in [2.24, 2.45) is 0 Å². The molecule has 0 saturated carbocycles.